The third-order valence-corrected chi connectivity index (χ3v) is 2.85. The van der Waals surface area contributed by atoms with Gasteiger partial charge in [0.05, 0.1) is 5.92 Å². The minimum Gasteiger partial charge on any atom is -0.355 e. The molecule has 1 fully saturated rings. The van der Waals surface area contributed by atoms with Crippen molar-refractivity contribution in [2.24, 2.45) is 5.92 Å². The quantitative estimate of drug-likeness (QED) is 0.650. The van der Waals surface area contributed by atoms with Crippen molar-refractivity contribution in [2.45, 2.75) is 12.8 Å². The van der Waals surface area contributed by atoms with E-state index in [2.05, 4.69) is 10.6 Å². The Labute approximate surface area is 88.2 Å². The molecule has 1 unspecified atom stereocenters. The Morgan fingerprint density at radius 2 is 2.50 bits per heavy atom. The number of carbonyl (C=O) groups excluding carboxylic acids is 2. The average molecular weight is 216 g/mol. The van der Waals surface area contributed by atoms with Crippen LogP contribution in [-0.4, -0.2) is 36.9 Å². The van der Waals surface area contributed by atoms with E-state index in [-0.39, 0.29) is 17.7 Å². The molecule has 0 saturated carbocycles. The summed E-state index contributed by atoms with van der Waals surface area (Å²) in [6.07, 6.45) is 3.16. The minimum absolute atomic E-state index is 0.0328. The average Bonchev–Trinajstić information content (AvgIpc) is 2.19. The van der Waals surface area contributed by atoms with Gasteiger partial charge in [-0.3, -0.25) is 9.59 Å². The van der Waals surface area contributed by atoms with Gasteiger partial charge in [-0.1, -0.05) is 0 Å². The van der Waals surface area contributed by atoms with E-state index >= 15 is 0 Å². The number of amides is 2. The minimum atomic E-state index is -0.0328. The SMILES string of the molecule is CSCCNC(=O)C1CCC(=O)NC1. The number of carbonyl (C=O) groups is 2. The Bertz CT molecular complexity index is 211. The monoisotopic (exact) mass is 216 g/mol. The first kappa shape index (κ1) is 11.4. The van der Waals surface area contributed by atoms with Gasteiger partial charge in [0.25, 0.3) is 0 Å². The first-order chi connectivity index (χ1) is 6.74. The summed E-state index contributed by atoms with van der Waals surface area (Å²) in [4.78, 5) is 22.4. The Balaban J connectivity index is 2.20. The first-order valence-electron chi connectivity index (χ1n) is 4.77. The van der Waals surface area contributed by atoms with Crippen molar-refractivity contribution >= 4 is 23.6 Å². The van der Waals surface area contributed by atoms with E-state index in [1.165, 1.54) is 0 Å². The zero-order chi connectivity index (χ0) is 10.4. The zero-order valence-electron chi connectivity index (χ0n) is 8.34. The van der Waals surface area contributed by atoms with Crippen LogP contribution in [0.1, 0.15) is 12.8 Å². The normalized spacial score (nSPS) is 21.5. The number of rotatable bonds is 4. The van der Waals surface area contributed by atoms with Crippen LogP contribution in [-0.2, 0) is 9.59 Å². The highest BCUT2D eigenvalue weighted by molar-refractivity contribution is 7.98. The Kier molecular flexibility index (Phi) is 4.79. The van der Waals surface area contributed by atoms with E-state index in [1.54, 1.807) is 11.8 Å². The van der Waals surface area contributed by atoms with Gasteiger partial charge in [-0.25, -0.2) is 0 Å². The second kappa shape index (κ2) is 5.90. The molecule has 0 spiro atoms. The van der Waals surface area contributed by atoms with Gasteiger partial charge in [-0.05, 0) is 12.7 Å². The lowest BCUT2D eigenvalue weighted by atomic mass is 9.98. The lowest BCUT2D eigenvalue weighted by Gasteiger charge is -2.21. The maximum Gasteiger partial charge on any atom is 0.224 e. The third kappa shape index (κ3) is 3.57. The summed E-state index contributed by atoms with van der Waals surface area (Å²) in [5.41, 5.74) is 0. The van der Waals surface area contributed by atoms with Gasteiger partial charge in [0.1, 0.15) is 0 Å². The van der Waals surface area contributed by atoms with E-state index in [0.717, 1.165) is 5.75 Å². The molecular weight excluding hydrogens is 200 g/mol. The molecule has 1 atom stereocenters. The number of hydrogen-bond donors (Lipinski definition) is 2. The summed E-state index contributed by atoms with van der Waals surface area (Å²) < 4.78 is 0. The molecule has 0 aromatic rings. The summed E-state index contributed by atoms with van der Waals surface area (Å²) >= 11 is 1.71. The van der Waals surface area contributed by atoms with Crippen molar-refractivity contribution < 1.29 is 9.59 Å². The van der Waals surface area contributed by atoms with Crippen LogP contribution in [0.2, 0.25) is 0 Å². The zero-order valence-corrected chi connectivity index (χ0v) is 9.15. The van der Waals surface area contributed by atoms with E-state index < -0.39 is 0 Å². The van der Waals surface area contributed by atoms with Gasteiger partial charge >= 0.3 is 0 Å². The topological polar surface area (TPSA) is 58.2 Å². The standard InChI is InChI=1S/C9H16N2O2S/c1-14-5-4-10-9(13)7-2-3-8(12)11-6-7/h7H,2-6H2,1H3,(H,10,13)(H,11,12). The van der Waals surface area contributed by atoms with Gasteiger partial charge in [-0.15, -0.1) is 0 Å². The summed E-state index contributed by atoms with van der Waals surface area (Å²) in [5.74, 6) is 1.02. The van der Waals surface area contributed by atoms with Crippen molar-refractivity contribution in [1.82, 2.24) is 10.6 Å². The molecule has 1 saturated heterocycles. The molecule has 14 heavy (non-hydrogen) atoms. The van der Waals surface area contributed by atoms with Crippen LogP contribution >= 0.6 is 11.8 Å². The van der Waals surface area contributed by atoms with Crippen molar-refractivity contribution in [3.8, 4) is 0 Å². The molecular formula is C9H16N2O2S. The molecule has 0 aromatic carbocycles. The van der Waals surface area contributed by atoms with Gasteiger partial charge in [-0.2, -0.15) is 11.8 Å². The van der Waals surface area contributed by atoms with Crippen LogP contribution in [0.4, 0.5) is 0 Å². The molecule has 2 amide bonds. The number of nitrogens with one attached hydrogen (secondary N) is 2. The van der Waals surface area contributed by atoms with Gasteiger partial charge in [0, 0.05) is 25.3 Å². The van der Waals surface area contributed by atoms with Crippen LogP contribution in [0, 0.1) is 5.92 Å². The molecule has 5 heteroatoms. The highest BCUT2D eigenvalue weighted by atomic mass is 32.2. The van der Waals surface area contributed by atoms with E-state index in [9.17, 15) is 9.59 Å². The van der Waals surface area contributed by atoms with Crippen LogP contribution in [0.3, 0.4) is 0 Å². The van der Waals surface area contributed by atoms with Crippen LogP contribution < -0.4 is 10.6 Å². The number of hydrogen-bond acceptors (Lipinski definition) is 3. The molecule has 80 valence electrons. The maximum absolute atomic E-state index is 11.5. The highest BCUT2D eigenvalue weighted by Gasteiger charge is 2.23. The van der Waals surface area contributed by atoms with Gasteiger partial charge in [0.15, 0.2) is 0 Å². The smallest absolute Gasteiger partial charge is 0.224 e. The van der Waals surface area contributed by atoms with Crippen LogP contribution in [0.15, 0.2) is 0 Å². The van der Waals surface area contributed by atoms with Crippen LogP contribution in [0.5, 0.6) is 0 Å². The lowest BCUT2D eigenvalue weighted by molar-refractivity contribution is -0.128. The first-order valence-corrected chi connectivity index (χ1v) is 6.16. The Hall–Kier alpha value is -0.710. The summed E-state index contributed by atoms with van der Waals surface area (Å²) in [5, 5.41) is 5.56. The maximum atomic E-state index is 11.5. The highest BCUT2D eigenvalue weighted by Crippen LogP contribution is 2.10. The molecule has 0 bridgehead atoms. The fraction of sp³-hybridized carbons (Fsp3) is 0.778. The van der Waals surface area contributed by atoms with Gasteiger partial charge in [0.2, 0.25) is 11.8 Å². The van der Waals surface area contributed by atoms with Crippen molar-refractivity contribution in [1.29, 1.82) is 0 Å². The molecule has 1 rings (SSSR count). The molecule has 1 heterocycles. The predicted molar refractivity (Wildman–Crippen MR) is 57.1 cm³/mol. The van der Waals surface area contributed by atoms with Crippen molar-refractivity contribution in [2.75, 3.05) is 25.1 Å². The predicted octanol–water partition coefficient (Wildman–Crippen LogP) is -0.00820. The van der Waals surface area contributed by atoms with E-state index in [1.807, 2.05) is 6.26 Å². The van der Waals surface area contributed by atoms with E-state index in [4.69, 9.17) is 0 Å². The summed E-state index contributed by atoms with van der Waals surface area (Å²) in [7, 11) is 0. The van der Waals surface area contributed by atoms with E-state index in [0.29, 0.717) is 25.9 Å². The third-order valence-electron chi connectivity index (χ3n) is 2.24. The second-order valence-electron chi connectivity index (χ2n) is 3.32. The van der Waals surface area contributed by atoms with Crippen LogP contribution in [0.25, 0.3) is 0 Å². The lowest BCUT2D eigenvalue weighted by Crippen LogP contribution is -2.43. The molecule has 0 aromatic heterocycles. The molecule has 4 nitrogen and oxygen atoms in total. The van der Waals surface area contributed by atoms with Gasteiger partial charge < -0.3 is 10.6 Å². The summed E-state index contributed by atoms with van der Waals surface area (Å²) in [6, 6.07) is 0. The number of piperidine rings is 1. The molecule has 1 aliphatic rings. The van der Waals surface area contributed by atoms with Crippen molar-refractivity contribution in [3.63, 3.8) is 0 Å². The molecule has 2 N–H and O–H groups in total. The number of thioether (sulfide) groups is 1. The molecule has 0 radical (unpaired) electrons. The Morgan fingerprint density at radius 3 is 3.07 bits per heavy atom. The fourth-order valence-electron chi connectivity index (χ4n) is 1.38. The summed E-state index contributed by atoms with van der Waals surface area (Å²) in [6.45, 7) is 1.20. The second-order valence-corrected chi connectivity index (χ2v) is 4.31. The fourth-order valence-corrected chi connectivity index (χ4v) is 1.68. The van der Waals surface area contributed by atoms with Crippen molar-refractivity contribution in [3.05, 3.63) is 0 Å². The largest absolute Gasteiger partial charge is 0.355 e. The molecule has 0 aliphatic carbocycles. The Morgan fingerprint density at radius 1 is 1.71 bits per heavy atom. The molecule has 1 aliphatic heterocycles.